The first-order valence-electron chi connectivity index (χ1n) is 14.7. The summed E-state index contributed by atoms with van der Waals surface area (Å²) in [5, 5.41) is 11.8. The predicted molar refractivity (Wildman–Crippen MR) is 159 cm³/mol. The monoisotopic (exact) mass is 521 g/mol. The standard InChI is InChI=1S/C33H39N5O/c1-19(2)22-9-8-20(3)30(14-22)37-13-12-28-27(18-37)33(38-23-10-11-24(38)16-25(39)15-23)36-32(35-28)26-6-5-7-29-31(26)21(4)17-34-29/h5-9,14,17,19,23-25,34,39H,10-13,15-16,18H2,1-4H3/t23-,24+,25+. The van der Waals surface area contributed by atoms with E-state index in [0.29, 0.717) is 18.0 Å². The molecule has 0 radical (unpaired) electrons. The molecular weight excluding hydrogens is 482 g/mol. The lowest BCUT2D eigenvalue weighted by molar-refractivity contribution is 0.126. The van der Waals surface area contributed by atoms with E-state index in [1.807, 2.05) is 0 Å². The SMILES string of the molecule is Cc1ccc(C(C)C)cc1N1CCc2nc(-c3cccc4[nH]cc(C)c34)nc(N3[C@@H]4CC[C@H]3C[C@@H](O)C4)c2C1. The van der Waals surface area contributed by atoms with Crippen LogP contribution in [0.5, 0.6) is 0 Å². The lowest BCUT2D eigenvalue weighted by Gasteiger charge is -2.41. The van der Waals surface area contributed by atoms with Crippen molar-refractivity contribution < 1.29 is 5.11 Å². The molecule has 4 aromatic rings. The summed E-state index contributed by atoms with van der Waals surface area (Å²) < 4.78 is 0. The Kier molecular flexibility index (Phi) is 5.92. The molecule has 0 amide bonds. The predicted octanol–water partition coefficient (Wildman–Crippen LogP) is 6.42. The van der Waals surface area contributed by atoms with Gasteiger partial charge < -0.3 is 19.9 Å². The molecule has 2 N–H and O–H groups in total. The quantitative estimate of drug-likeness (QED) is 0.324. The zero-order valence-electron chi connectivity index (χ0n) is 23.5. The van der Waals surface area contributed by atoms with Crippen LogP contribution in [0.4, 0.5) is 11.5 Å². The third-order valence-electron chi connectivity index (χ3n) is 9.38. The van der Waals surface area contributed by atoms with Crippen molar-refractivity contribution in [1.82, 2.24) is 15.0 Å². The van der Waals surface area contributed by atoms with Crippen molar-refractivity contribution in [3.05, 3.63) is 70.5 Å². The Bertz CT molecular complexity index is 1540. The molecule has 2 bridgehead atoms. The number of rotatable bonds is 4. The zero-order chi connectivity index (χ0) is 26.8. The molecule has 0 saturated carbocycles. The molecule has 3 aliphatic heterocycles. The lowest BCUT2D eigenvalue weighted by atomic mass is 9.96. The fraction of sp³-hybridized carbons (Fsp3) is 0.455. The van der Waals surface area contributed by atoms with Crippen LogP contribution in [0.25, 0.3) is 22.3 Å². The molecule has 2 saturated heterocycles. The maximum Gasteiger partial charge on any atom is 0.162 e. The maximum absolute atomic E-state index is 10.6. The number of aromatic amines is 1. The summed E-state index contributed by atoms with van der Waals surface area (Å²) in [6, 6.07) is 14.0. The summed E-state index contributed by atoms with van der Waals surface area (Å²) in [4.78, 5) is 19.2. The van der Waals surface area contributed by atoms with Crippen LogP contribution in [0, 0.1) is 13.8 Å². The van der Waals surface area contributed by atoms with Gasteiger partial charge in [0.2, 0.25) is 0 Å². The van der Waals surface area contributed by atoms with Crippen molar-refractivity contribution in [3.8, 4) is 11.4 Å². The molecule has 202 valence electrons. The van der Waals surface area contributed by atoms with Gasteiger partial charge in [-0.3, -0.25) is 0 Å². The number of piperidine rings is 1. The number of hydrogen-bond acceptors (Lipinski definition) is 5. The van der Waals surface area contributed by atoms with Crippen molar-refractivity contribution >= 4 is 22.4 Å². The Balaban J connectivity index is 1.37. The molecule has 0 aliphatic carbocycles. The van der Waals surface area contributed by atoms with Crippen LogP contribution < -0.4 is 9.80 Å². The smallest absolute Gasteiger partial charge is 0.162 e. The number of H-pyrrole nitrogens is 1. The zero-order valence-corrected chi connectivity index (χ0v) is 23.5. The minimum absolute atomic E-state index is 0.204. The third-order valence-corrected chi connectivity index (χ3v) is 9.38. The summed E-state index contributed by atoms with van der Waals surface area (Å²) in [6.45, 7) is 10.7. The molecular formula is C33H39N5O. The summed E-state index contributed by atoms with van der Waals surface area (Å²) >= 11 is 0. The van der Waals surface area contributed by atoms with E-state index in [4.69, 9.17) is 9.97 Å². The summed E-state index contributed by atoms with van der Waals surface area (Å²) in [5.41, 5.74) is 9.92. The number of aliphatic hydroxyl groups excluding tert-OH is 1. The number of aliphatic hydroxyl groups is 1. The van der Waals surface area contributed by atoms with Crippen molar-refractivity contribution in [1.29, 1.82) is 0 Å². The van der Waals surface area contributed by atoms with Gasteiger partial charge in [-0.1, -0.05) is 38.1 Å². The van der Waals surface area contributed by atoms with Crippen molar-refractivity contribution in [2.24, 2.45) is 0 Å². The number of benzene rings is 2. The summed E-state index contributed by atoms with van der Waals surface area (Å²) in [6.07, 6.45) is 6.68. The van der Waals surface area contributed by atoms with Crippen LogP contribution >= 0.6 is 0 Å². The molecule has 6 heteroatoms. The first-order valence-corrected chi connectivity index (χ1v) is 14.7. The highest BCUT2D eigenvalue weighted by molar-refractivity contribution is 5.96. The molecule has 6 nitrogen and oxygen atoms in total. The van der Waals surface area contributed by atoms with E-state index in [2.05, 4.69) is 85.1 Å². The van der Waals surface area contributed by atoms with Gasteiger partial charge in [0.15, 0.2) is 5.82 Å². The van der Waals surface area contributed by atoms with Crippen LogP contribution in [0.1, 0.15) is 73.4 Å². The number of nitrogens with zero attached hydrogens (tertiary/aromatic N) is 4. The largest absolute Gasteiger partial charge is 0.393 e. The highest BCUT2D eigenvalue weighted by Crippen LogP contribution is 2.43. The van der Waals surface area contributed by atoms with E-state index in [1.165, 1.54) is 39.0 Å². The normalized spacial score (nSPS) is 22.7. The molecule has 0 unspecified atom stereocenters. The third kappa shape index (κ3) is 4.11. The van der Waals surface area contributed by atoms with E-state index in [1.54, 1.807) is 0 Å². The van der Waals surface area contributed by atoms with Crippen LogP contribution in [0.2, 0.25) is 0 Å². The van der Waals surface area contributed by atoms with E-state index in [0.717, 1.165) is 67.9 Å². The van der Waals surface area contributed by atoms with E-state index >= 15 is 0 Å². The number of aromatic nitrogens is 3. The maximum atomic E-state index is 10.6. The first-order chi connectivity index (χ1) is 18.9. The highest BCUT2D eigenvalue weighted by atomic mass is 16.3. The molecule has 7 rings (SSSR count). The fourth-order valence-corrected chi connectivity index (χ4v) is 7.30. The second-order valence-corrected chi connectivity index (χ2v) is 12.3. The van der Waals surface area contributed by atoms with Gasteiger partial charge in [-0.2, -0.15) is 0 Å². The van der Waals surface area contributed by atoms with Gasteiger partial charge in [-0.25, -0.2) is 9.97 Å². The van der Waals surface area contributed by atoms with Crippen molar-refractivity contribution in [3.63, 3.8) is 0 Å². The Hall–Kier alpha value is -3.38. The van der Waals surface area contributed by atoms with Gasteiger partial charge >= 0.3 is 0 Å². The van der Waals surface area contributed by atoms with E-state index in [9.17, 15) is 5.11 Å². The van der Waals surface area contributed by atoms with E-state index in [-0.39, 0.29) is 6.10 Å². The van der Waals surface area contributed by atoms with E-state index < -0.39 is 0 Å². The minimum atomic E-state index is -0.204. The number of hydrogen-bond donors (Lipinski definition) is 2. The summed E-state index contributed by atoms with van der Waals surface area (Å²) in [5.74, 6) is 2.42. The van der Waals surface area contributed by atoms with Crippen LogP contribution in [-0.4, -0.2) is 44.8 Å². The number of aryl methyl sites for hydroxylation is 2. The molecule has 5 heterocycles. The first kappa shape index (κ1) is 24.6. The van der Waals surface area contributed by atoms with Gasteiger partial charge in [0.1, 0.15) is 5.82 Å². The van der Waals surface area contributed by atoms with Crippen LogP contribution in [-0.2, 0) is 13.0 Å². The lowest BCUT2D eigenvalue weighted by Crippen LogP contribution is -2.46. The van der Waals surface area contributed by atoms with Crippen LogP contribution in [0.15, 0.2) is 42.6 Å². The second-order valence-electron chi connectivity index (χ2n) is 12.3. The van der Waals surface area contributed by atoms with Crippen molar-refractivity contribution in [2.75, 3.05) is 16.3 Å². The number of fused-ring (bicyclic) bond motifs is 4. The van der Waals surface area contributed by atoms with Crippen molar-refractivity contribution in [2.45, 2.75) is 90.4 Å². The Morgan fingerprint density at radius 2 is 1.79 bits per heavy atom. The van der Waals surface area contributed by atoms with Gasteiger partial charge in [0.05, 0.1) is 11.8 Å². The molecule has 39 heavy (non-hydrogen) atoms. The Morgan fingerprint density at radius 1 is 1.00 bits per heavy atom. The highest BCUT2D eigenvalue weighted by Gasteiger charge is 2.43. The number of nitrogens with one attached hydrogen (secondary N) is 1. The average molecular weight is 522 g/mol. The van der Waals surface area contributed by atoms with Gasteiger partial charge in [0, 0.05) is 65.5 Å². The van der Waals surface area contributed by atoms with Gasteiger partial charge in [0.25, 0.3) is 0 Å². The molecule has 3 atom stereocenters. The van der Waals surface area contributed by atoms with Gasteiger partial charge in [-0.05, 0) is 74.3 Å². The minimum Gasteiger partial charge on any atom is -0.393 e. The Morgan fingerprint density at radius 3 is 2.56 bits per heavy atom. The molecule has 2 aromatic carbocycles. The average Bonchev–Trinajstić information content (AvgIpc) is 3.44. The number of anilines is 2. The molecule has 0 spiro atoms. The molecule has 2 fully saturated rings. The molecule has 2 aromatic heterocycles. The molecule has 3 aliphatic rings. The van der Waals surface area contributed by atoms with Crippen LogP contribution in [0.3, 0.4) is 0 Å². The Labute approximate surface area is 231 Å². The second kappa shape index (κ2) is 9.37. The van der Waals surface area contributed by atoms with Gasteiger partial charge in [-0.15, -0.1) is 0 Å². The fourth-order valence-electron chi connectivity index (χ4n) is 7.30. The topological polar surface area (TPSA) is 68.3 Å². The summed E-state index contributed by atoms with van der Waals surface area (Å²) in [7, 11) is 0.